The molecule has 0 spiro atoms. The number of hydrogen-bond donors (Lipinski definition) is 1. The fourth-order valence-electron chi connectivity index (χ4n) is 2.41. The number of hydrogen-bond acceptors (Lipinski definition) is 4. The van der Waals surface area contributed by atoms with Gasteiger partial charge in [0.05, 0.1) is 10.6 Å². The first kappa shape index (κ1) is 14.2. The zero-order chi connectivity index (χ0) is 15.1. The number of benzene rings is 2. The van der Waals surface area contributed by atoms with Crippen LogP contribution in [0.3, 0.4) is 0 Å². The normalized spacial score (nSPS) is 12.6. The highest BCUT2D eigenvalue weighted by Crippen LogP contribution is 2.50. The molecule has 1 aliphatic rings. The van der Waals surface area contributed by atoms with Gasteiger partial charge < -0.3 is 5.32 Å². The van der Waals surface area contributed by atoms with Crippen LogP contribution >= 0.6 is 23.4 Å². The standard InChI is InChI=1S/C15H13ClN2O2S/c1-8(2)10-4-3-5-12-14(10)17-15-11(18(19)20)6-9(16)7-13(15)21-12/h3-8,17H,1-2H3. The Morgan fingerprint density at radius 2 is 2.00 bits per heavy atom. The highest BCUT2D eigenvalue weighted by molar-refractivity contribution is 7.99. The minimum atomic E-state index is -0.402. The van der Waals surface area contributed by atoms with Gasteiger partial charge in [-0.15, -0.1) is 0 Å². The summed E-state index contributed by atoms with van der Waals surface area (Å²) in [5.74, 6) is 0.334. The van der Waals surface area contributed by atoms with E-state index in [0.717, 1.165) is 21.0 Å². The number of nitrogens with one attached hydrogen (secondary N) is 1. The Kier molecular flexibility index (Phi) is 3.55. The molecule has 0 unspecified atom stereocenters. The molecule has 0 bridgehead atoms. The number of para-hydroxylation sites is 1. The Hall–Kier alpha value is -1.72. The molecule has 0 aromatic heterocycles. The quantitative estimate of drug-likeness (QED) is 0.494. The molecule has 3 rings (SSSR count). The van der Waals surface area contributed by atoms with Crippen LogP contribution in [-0.4, -0.2) is 4.92 Å². The molecule has 2 aromatic carbocycles. The summed E-state index contributed by atoms with van der Waals surface area (Å²) in [6.07, 6.45) is 0. The van der Waals surface area contributed by atoms with Crippen LogP contribution in [0.2, 0.25) is 5.02 Å². The van der Waals surface area contributed by atoms with Crippen LogP contribution in [0.4, 0.5) is 17.1 Å². The summed E-state index contributed by atoms with van der Waals surface area (Å²) in [7, 11) is 0. The lowest BCUT2D eigenvalue weighted by Gasteiger charge is -2.24. The predicted molar refractivity (Wildman–Crippen MR) is 86.0 cm³/mol. The zero-order valence-electron chi connectivity index (χ0n) is 11.5. The third-order valence-corrected chi connectivity index (χ3v) is 4.71. The molecule has 1 N–H and O–H groups in total. The van der Waals surface area contributed by atoms with E-state index < -0.39 is 4.92 Å². The molecule has 1 heterocycles. The van der Waals surface area contributed by atoms with E-state index in [1.54, 1.807) is 6.07 Å². The molecule has 21 heavy (non-hydrogen) atoms. The number of nitro groups is 1. The van der Waals surface area contributed by atoms with Crippen LogP contribution in [-0.2, 0) is 0 Å². The lowest BCUT2D eigenvalue weighted by molar-refractivity contribution is -0.384. The van der Waals surface area contributed by atoms with Gasteiger partial charge in [0.2, 0.25) is 0 Å². The van der Waals surface area contributed by atoms with Crippen LogP contribution in [0, 0.1) is 10.1 Å². The van der Waals surface area contributed by atoms with Crippen molar-refractivity contribution in [1.29, 1.82) is 0 Å². The van der Waals surface area contributed by atoms with Gasteiger partial charge in [-0.05, 0) is 23.6 Å². The molecule has 1 aliphatic heterocycles. The second-order valence-corrected chi connectivity index (χ2v) is 6.68. The second kappa shape index (κ2) is 5.24. The third-order valence-electron chi connectivity index (χ3n) is 3.39. The smallest absolute Gasteiger partial charge is 0.295 e. The van der Waals surface area contributed by atoms with Crippen molar-refractivity contribution < 1.29 is 4.92 Å². The highest BCUT2D eigenvalue weighted by atomic mass is 35.5. The van der Waals surface area contributed by atoms with E-state index in [-0.39, 0.29) is 5.69 Å². The van der Waals surface area contributed by atoms with Crippen molar-refractivity contribution in [2.75, 3.05) is 5.32 Å². The first-order valence-electron chi connectivity index (χ1n) is 6.53. The van der Waals surface area contributed by atoms with E-state index >= 15 is 0 Å². The SMILES string of the molecule is CC(C)c1cccc2c1Nc1c(cc(Cl)cc1[N+](=O)[O-])S2. The van der Waals surface area contributed by atoms with Crippen LogP contribution in [0.15, 0.2) is 40.1 Å². The molecule has 2 aromatic rings. The highest BCUT2D eigenvalue weighted by Gasteiger charge is 2.27. The largest absolute Gasteiger partial charge is 0.348 e. The van der Waals surface area contributed by atoms with Gasteiger partial charge >= 0.3 is 0 Å². The van der Waals surface area contributed by atoms with E-state index in [1.165, 1.54) is 17.8 Å². The van der Waals surface area contributed by atoms with Crippen molar-refractivity contribution in [3.8, 4) is 0 Å². The Balaban J connectivity index is 2.18. The maximum absolute atomic E-state index is 11.3. The first-order chi connectivity index (χ1) is 9.97. The molecular formula is C15H13ClN2O2S. The molecule has 108 valence electrons. The number of nitrogens with zero attached hydrogens (tertiary/aromatic N) is 1. The fraction of sp³-hybridized carbons (Fsp3) is 0.200. The van der Waals surface area contributed by atoms with Crippen molar-refractivity contribution in [1.82, 2.24) is 0 Å². The van der Waals surface area contributed by atoms with Crippen molar-refractivity contribution in [2.24, 2.45) is 0 Å². The van der Waals surface area contributed by atoms with Gasteiger partial charge in [-0.2, -0.15) is 0 Å². The molecule has 0 saturated carbocycles. The minimum Gasteiger partial charge on any atom is -0.348 e. The number of fused-ring (bicyclic) bond motifs is 2. The van der Waals surface area contributed by atoms with Crippen molar-refractivity contribution >= 4 is 40.4 Å². The van der Waals surface area contributed by atoms with Gasteiger partial charge in [0.15, 0.2) is 0 Å². The number of anilines is 2. The summed E-state index contributed by atoms with van der Waals surface area (Å²) < 4.78 is 0. The van der Waals surface area contributed by atoms with Crippen molar-refractivity contribution in [3.63, 3.8) is 0 Å². The Labute approximate surface area is 131 Å². The zero-order valence-corrected chi connectivity index (χ0v) is 13.1. The summed E-state index contributed by atoms with van der Waals surface area (Å²) in [5, 5.41) is 14.9. The summed E-state index contributed by atoms with van der Waals surface area (Å²) in [6, 6.07) is 9.20. The second-order valence-electron chi connectivity index (χ2n) is 5.16. The van der Waals surface area contributed by atoms with Gasteiger partial charge in [-0.1, -0.05) is 49.3 Å². The van der Waals surface area contributed by atoms with Crippen molar-refractivity contribution in [3.05, 3.63) is 51.0 Å². The molecule has 4 nitrogen and oxygen atoms in total. The lowest BCUT2D eigenvalue weighted by atomic mass is 10.0. The van der Waals surface area contributed by atoms with E-state index in [4.69, 9.17) is 11.6 Å². The molecule has 0 fully saturated rings. The van der Waals surface area contributed by atoms with Gasteiger partial charge in [0, 0.05) is 20.9 Å². The molecule has 0 amide bonds. The maximum atomic E-state index is 11.3. The Bertz CT molecular complexity index is 747. The van der Waals surface area contributed by atoms with Gasteiger partial charge in [0.1, 0.15) is 5.69 Å². The molecule has 0 aliphatic carbocycles. The van der Waals surface area contributed by atoms with Crippen molar-refractivity contribution in [2.45, 2.75) is 29.6 Å². The monoisotopic (exact) mass is 320 g/mol. The minimum absolute atomic E-state index is 0.00853. The fourth-order valence-corrected chi connectivity index (χ4v) is 3.78. The summed E-state index contributed by atoms with van der Waals surface area (Å²) >= 11 is 7.50. The van der Waals surface area contributed by atoms with Gasteiger partial charge in [0.25, 0.3) is 5.69 Å². The van der Waals surface area contributed by atoms with E-state index in [9.17, 15) is 10.1 Å². The van der Waals surface area contributed by atoms with Crippen LogP contribution in [0.5, 0.6) is 0 Å². The lowest BCUT2D eigenvalue weighted by Crippen LogP contribution is -2.07. The number of nitro benzene ring substituents is 1. The van der Waals surface area contributed by atoms with Gasteiger partial charge in [-0.25, -0.2) is 0 Å². The molecule has 0 atom stereocenters. The molecular weight excluding hydrogens is 308 g/mol. The van der Waals surface area contributed by atoms with Crippen LogP contribution in [0.1, 0.15) is 25.3 Å². The topological polar surface area (TPSA) is 55.2 Å². The Morgan fingerprint density at radius 1 is 1.24 bits per heavy atom. The van der Waals surface area contributed by atoms with Crippen LogP contribution < -0.4 is 5.32 Å². The first-order valence-corrected chi connectivity index (χ1v) is 7.72. The average molecular weight is 321 g/mol. The summed E-state index contributed by atoms with van der Waals surface area (Å²) in [5.41, 5.74) is 2.63. The predicted octanol–water partition coefficient (Wildman–Crippen LogP) is 5.58. The molecule has 0 radical (unpaired) electrons. The molecule has 6 heteroatoms. The summed E-state index contributed by atoms with van der Waals surface area (Å²) in [6.45, 7) is 4.21. The number of halogens is 1. The Morgan fingerprint density at radius 3 is 2.67 bits per heavy atom. The third kappa shape index (κ3) is 2.47. The summed E-state index contributed by atoms with van der Waals surface area (Å²) in [4.78, 5) is 12.7. The van der Waals surface area contributed by atoms with E-state index in [1.807, 2.05) is 18.2 Å². The maximum Gasteiger partial charge on any atom is 0.295 e. The van der Waals surface area contributed by atoms with Gasteiger partial charge in [-0.3, -0.25) is 10.1 Å². The average Bonchev–Trinajstić information content (AvgIpc) is 2.43. The van der Waals surface area contributed by atoms with E-state index in [2.05, 4.69) is 19.2 Å². The molecule has 0 saturated heterocycles. The van der Waals surface area contributed by atoms with Crippen LogP contribution in [0.25, 0.3) is 0 Å². The van der Waals surface area contributed by atoms with E-state index in [0.29, 0.717) is 16.6 Å². The number of rotatable bonds is 2.